The van der Waals surface area contributed by atoms with E-state index in [2.05, 4.69) is 6.58 Å². The Balaban J connectivity index is 3.20. The molecule has 0 aliphatic heterocycles. The second-order valence-electron chi connectivity index (χ2n) is 1.70. The van der Waals surface area contributed by atoms with E-state index in [-0.39, 0.29) is 0 Å². The molecule has 0 heterocycles. The summed E-state index contributed by atoms with van der Waals surface area (Å²) in [5, 5.41) is 0. The van der Waals surface area contributed by atoms with Crippen LogP contribution in [0.25, 0.3) is 0 Å². The zero-order chi connectivity index (χ0) is 6.41. The van der Waals surface area contributed by atoms with Crippen molar-refractivity contribution >= 4 is 0 Å². The first-order valence-electron chi connectivity index (χ1n) is 2.58. The lowest BCUT2D eigenvalue weighted by Crippen LogP contribution is -1.79. The minimum Gasteiger partial charge on any atom is -0.381 e. The Kier molecular flexibility index (Phi) is 4.27. The summed E-state index contributed by atoms with van der Waals surface area (Å²) < 4.78 is 4.76. The van der Waals surface area contributed by atoms with E-state index in [1.54, 1.807) is 7.11 Å². The molecule has 1 nitrogen and oxygen atoms in total. The molecule has 0 aliphatic rings. The third-order valence-corrected chi connectivity index (χ3v) is 0.665. The highest BCUT2D eigenvalue weighted by molar-refractivity contribution is 5.10. The summed E-state index contributed by atoms with van der Waals surface area (Å²) in [5.41, 5.74) is 1.06. The van der Waals surface area contributed by atoms with Gasteiger partial charge in [0.25, 0.3) is 0 Å². The average Bonchev–Trinajstić information content (AvgIpc) is 1.66. The fourth-order valence-corrected chi connectivity index (χ4v) is 0.346. The highest BCUT2D eigenvalue weighted by Gasteiger charge is 1.71. The van der Waals surface area contributed by atoms with Crippen molar-refractivity contribution in [3.63, 3.8) is 0 Å². The molecule has 0 fully saturated rings. The predicted molar refractivity (Wildman–Crippen MR) is 35.8 cm³/mol. The Morgan fingerprint density at radius 1 is 1.75 bits per heavy atom. The molecule has 46 valence electrons. The molecular weight excluding hydrogens is 100 g/mol. The number of allylic oxidation sites excluding steroid dienone is 2. The number of hydrogen-bond acceptors (Lipinski definition) is 1. The van der Waals surface area contributed by atoms with Crippen LogP contribution in [0.4, 0.5) is 0 Å². The van der Waals surface area contributed by atoms with Gasteiger partial charge in [-0.2, -0.15) is 0 Å². The van der Waals surface area contributed by atoms with Crippen molar-refractivity contribution in [2.45, 2.75) is 6.92 Å². The third-order valence-electron chi connectivity index (χ3n) is 0.665. The highest BCUT2D eigenvalue weighted by atomic mass is 16.5. The van der Waals surface area contributed by atoms with Gasteiger partial charge in [0.05, 0.1) is 6.61 Å². The zero-order valence-corrected chi connectivity index (χ0v) is 5.48. The van der Waals surface area contributed by atoms with Crippen LogP contribution in [0.1, 0.15) is 6.92 Å². The lowest BCUT2D eigenvalue weighted by molar-refractivity contribution is 0.234. The predicted octanol–water partition coefficient (Wildman–Crippen LogP) is 1.77. The smallest absolute Gasteiger partial charge is 0.0646 e. The SMILES string of the molecule is C=C(C)/C=C\COC. The van der Waals surface area contributed by atoms with Gasteiger partial charge in [0.2, 0.25) is 0 Å². The first kappa shape index (κ1) is 7.44. The van der Waals surface area contributed by atoms with Crippen molar-refractivity contribution in [2.75, 3.05) is 13.7 Å². The Morgan fingerprint density at radius 2 is 2.38 bits per heavy atom. The van der Waals surface area contributed by atoms with Crippen LogP contribution in [-0.4, -0.2) is 13.7 Å². The summed E-state index contributed by atoms with van der Waals surface area (Å²) >= 11 is 0. The van der Waals surface area contributed by atoms with Crippen molar-refractivity contribution in [3.8, 4) is 0 Å². The van der Waals surface area contributed by atoms with E-state index in [1.165, 1.54) is 0 Å². The quantitative estimate of drug-likeness (QED) is 0.505. The minimum absolute atomic E-state index is 0.673. The highest BCUT2D eigenvalue weighted by Crippen LogP contribution is 1.87. The van der Waals surface area contributed by atoms with Gasteiger partial charge in [0, 0.05) is 7.11 Å². The van der Waals surface area contributed by atoms with Crippen LogP contribution in [0, 0.1) is 0 Å². The maximum absolute atomic E-state index is 4.76. The topological polar surface area (TPSA) is 9.23 Å². The van der Waals surface area contributed by atoms with E-state index >= 15 is 0 Å². The van der Waals surface area contributed by atoms with Crippen molar-refractivity contribution in [3.05, 3.63) is 24.3 Å². The van der Waals surface area contributed by atoms with Crippen molar-refractivity contribution in [1.29, 1.82) is 0 Å². The first-order chi connectivity index (χ1) is 3.77. The molecule has 0 radical (unpaired) electrons. The minimum atomic E-state index is 0.673. The van der Waals surface area contributed by atoms with Crippen LogP contribution in [0.5, 0.6) is 0 Å². The molecule has 0 amide bonds. The van der Waals surface area contributed by atoms with Gasteiger partial charge in [-0.1, -0.05) is 24.3 Å². The molecule has 0 N–H and O–H groups in total. The maximum Gasteiger partial charge on any atom is 0.0646 e. The van der Waals surface area contributed by atoms with Gasteiger partial charge in [-0.15, -0.1) is 0 Å². The molecule has 0 saturated heterocycles. The van der Waals surface area contributed by atoms with Crippen molar-refractivity contribution < 1.29 is 4.74 Å². The first-order valence-corrected chi connectivity index (χ1v) is 2.58. The van der Waals surface area contributed by atoms with E-state index < -0.39 is 0 Å². The second-order valence-corrected chi connectivity index (χ2v) is 1.70. The van der Waals surface area contributed by atoms with Crippen molar-refractivity contribution in [1.82, 2.24) is 0 Å². The molecule has 0 aromatic rings. The normalized spacial score (nSPS) is 10.2. The molecular formula is C7H12O. The Hall–Kier alpha value is -0.560. The lowest BCUT2D eigenvalue weighted by atomic mass is 10.3. The molecule has 8 heavy (non-hydrogen) atoms. The summed E-state index contributed by atoms with van der Waals surface area (Å²) in [7, 11) is 1.67. The molecule has 0 aromatic carbocycles. The maximum atomic E-state index is 4.76. The van der Waals surface area contributed by atoms with Gasteiger partial charge in [0.1, 0.15) is 0 Å². The van der Waals surface area contributed by atoms with Crippen molar-refractivity contribution in [2.24, 2.45) is 0 Å². The van der Waals surface area contributed by atoms with Crippen LogP contribution < -0.4 is 0 Å². The molecule has 0 aliphatic carbocycles. The monoisotopic (exact) mass is 112 g/mol. The van der Waals surface area contributed by atoms with E-state index in [4.69, 9.17) is 4.74 Å². The van der Waals surface area contributed by atoms with E-state index in [9.17, 15) is 0 Å². The molecule has 0 unspecified atom stereocenters. The van der Waals surface area contributed by atoms with E-state index in [0.717, 1.165) is 5.57 Å². The molecule has 1 heteroatoms. The number of methoxy groups -OCH3 is 1. The van der Waals surface area contributed by atoms with E-state index in [0.29, 0.717) is 6.61 Å². The van der Waals surface area contributed by atoms with Gasteiger partial charge >= 0.3 is 0 Å². The number of rotatable bonds is 3. The Morgan fingerprint density at radius 3 is 2.75 bits per heavy atom. The van der Waals surface area contributed by atoms with Gasteiger partial charge in [-0.3, -0.25) is 0 Å². The molecule has 0 saturated carbocycles. The average molecular weight is 112 g/mol. The summed E-state index contributed by atoms with van der Waals surface area (Å²) in [6.07, 6.45) is 3.87. The molecule has 0 aromatic heterocycles. The lowest BCUT2D eigenvalue weighted by Gasteiger charge is -1.86. The number of ether oxygens (including phenoxy) is 1. The fourth-order valence-electron chi connectivity index (χ4n) is 0.346. The Labute approximate surface area is 50.7 Å². The molecule has 0 rings (SSSR count). The second kappa shape index (κ2) is 4.60. The number of hydrogen-bond donors (Lipinski definition) is 0. The molecule has 0 atom stereocenters. The van der Waals surface area contributed by atoms with Crippen LogP contribution >= 0.6 is 0 Å². The summed E-state index contributed by atoms with van der Waals surface area (Å²) in [6.45, 7) is 6.31. The Bertz CT molecular complexity index is 92.6. The summed E-state index contributed by atoms with van der Waals surface area (Å²) in [5.74, 6) is 0. The van der Waals surface area contributed by atoms with Crippen LogP contribution in [0.15, 0.2) is 24.3 Å². The van der Waals surface area contributed by atoms with Crippen LogP contribution in [0.2, 0.25) is 0 Å². The zero-order valence-electron chi connectivity index (χ0n) is 5.48. The molecule has 0 spiro atoms. The van der Waals surface area contributed by atoms with Gasteiger partial charge < -0.3 is 4.74 Å². The van der Waals surface area contributed by atoms with Crippen LogP contribution in [-0.2, 0) is 4.74 Å². The van der Waals surface area contributed by atoms with Gasteiger partial charge in [-0.25, -0.2) is 0 Å². The van der Waals surface area contributed by atoms with Gasteiger partial charge in [-0.05, 0) is 6.92 Å². The summed E-state index contributed by atoms with van der Waals surface area (Å²) in [4.78, 5) is 0. The van der Waals surface area contributed by atoms with Gasteiger partial charge in [0.15, 0.2) is 0 Å². The molecule has 0 bridgehead atoms. The largest absolute Gasteiger partial charge is 0.381 e. The standard InChI is InChI=1S/C7H12O/c1-7(2)5-4-6-8-3/h4-5H,1,6H2,2-3H3/b5-4-. The summed E-state index contributed by atoms with van der Waals surface area (Å²) in [6, 6.07) is 0. The van der Waals surface area contributed by atoms with E-state index in [1.807, 2.05) is 19.1 Å². The fraction of sp³-hybridized carbons (Fsp3) is 0.429. The van der Waals surface area contributed by atoms with Crippen LogP contribution in [0.3, 0.4) is 0 Å². The third kappa shape index (κ3) is 5.44.